The van der Waals surface area contributed by atoms with Gasteiger partial charge in [-0.15, -0.1) is 0 Å². The highest BCUT2D eigenvalue weighted by Gasteiger charge is 2.32. The molecule has 0 aromatic rings. The first-order valence-corrected chi connectivity index (χ1v) is 11.2. The van der Waals surface area contributed by atoms with E-state index in [1.54, 1.807) is 18.7 Å². The molecular formula is C15H30N2O2S2. The molecule has 2 aliphatic rings. The zero-order valence-electron chi connectivity index (χ0n) is 13.2. The molecule has 6 heteroatoms. The molecule has 124 valence electrons. The van der Waals surface area contributed by atoms with E-state index in [0.717, 1.165) is 43.6 Å². The maximum Gasteiger partial charge on any atom is 0.166 e. The molecule has 4 nitrogen and oxygen atoms in total. The lowest BCUT2D eigenvalue weighted by atomic mass is 9.89. The lowest BCUT2D eigenvalue weighted by molar-refractivity contribution is 0.262. The van der Waals surface area contributed by atoms with Gasteiger partial charge in [-0.3, -0.25) is 4.90 Å². The van der Waals surface area contributed by atoms with Crippen molar-refractivity contribution in [3.8, 4) is 0 Å². The number of hydrogen-bond acceptors (Lipinski definition) is 5. The summed E-state index contributed by atoms with van der Waals surface area (Å²) in [5.41, 5.74) is 0. The number of thioether (sulfide) groups is 1. The Balaban J connectivity index is 1.72. The summed E-state index contributed by atoms with van der Waals surface area (Å²) in [4.78, 5) is 2.17. The molecule has 1 aliphatic carbocycles. The van der Waals surface area contributed by atoms with Crippen molar-refractivity contribution in [3.63, 3.8) is 0 Å². The normalized spacial score (nSPS) is 26.0. The van der Waals surface area contributed by atoms with Crippen LogP contribution in [0.2, 0.25) is 0 Å². The minimum absolute atomic E-state index is 0.254. The molecule has 2 rings (SSSR count). The van der Waals surface area contributed by atoms with Crippen LogP contribution in [0.25, 0.3) is 0 Å². The van der Waals surface area contributed by atoms with E-state index in [9.17, 15) is 8.42 Å². The molecule has 1 N–H and O–H groups in total. The Morgan fingerprint density at radius 3 is 2.71 bits per heavy atom. The van der Waals surface area contributed by atoms with E-state index in [0.29, 0.717) is 0 Å². The van der Waals surface area contributed by atoms with Gasteiger partial charge in [0.15, 0.2) is 9.84 Å². The molecule has 1 heterocycles. The van der Waals surface area contributed by atoms with Crippen LogP contribution in [0.4, 0.5) is 0 Å². The standard InChI is InChI=1S/C15H30N2O2S2/c1-2-21(18,19)15-13-20-11-10-17(15)9-8-16-12-14-6-4-3-5-7-14/h14-16H,2-13H2,1H3. The van der Waals surface area contributed by atoms with Crippen molar-refractivity contribution in [1.82, 2.24) is 10.2 Å². The number of hydrogen-bond donors (Lipinski definition) is 1. The van der Waals surface area contributed by atoms with E-state index < -0.39 is 9.84 Å². The van der Waals surface area contributed by atoms with Gasteiger partial charge in [0.25, 0.3) is 0 Å². The first kappa shape index (κ1) is 17.6. The fourth-order valence-electron chi connectivity index (χ4n) is 3.31. The second kappa shape index (κ2) is 8.75. The highest BCUT2D eigenvalue weighted by Crippen LogP contribution is 2.23. The second-order valence-corrected chi connectivity index (χ2v) is 9.82. The van der Waals surface area contributed by atoms with E-state index in [4.69, 9.17) is 0 Å². The van der Waals surface area contributed by atoms with E-state index in [1.165, 1.54) is 32.1 Å². The lowest BCUT2D eigenvalue weighted by Gasteiger charge is -2.34. The van der Waals surface area contributed by atoms with Crippen LogP contribution in [0.1, 0.15) is 39.0 Å². The molecule has 1 atom stereocenters. The summed E-state index contributed by atoms with van der Waals surface area (Å²) in [7, 11) is -2.95. The van der Waals surface area contributed by atoms with E-state index in [1.807, 2.05) is 0 Å². The van der Waals surface area contributed by atoms with Gasteiger partial charge in [-0.05, 0) is 25.3 Å². The summed E-state index contributed by atoms with van der Waals surface area (Å²) in [6.45, 7) is 5.54. The number of sulfone groups is 1. The molecule has 1 unspecified atom stereocenters. The third-order valence-electron chi connectivity index (χ3n) is 4.74. The second-order valence-electron chi connectivity index (χ2n) is 6.23. The van der Waals surface area contributed by atoms with Gasteiger partial charge in [-0.1, -0.05) is 26.2 Å². The van der Waals surface area contributed by atoms with Gasteiger partial charge < -0.3 is 5.32 Å². The van der Waals surface area contributed by atoms with Crippen molar-refractivity contribution in [3.05, 3.63) is 0 Å². The Morgan fingerprint density at radius 1 is 1.24 bits per heavy atom. The molecule has 0 aromatic carbocycles. The highest BCUT2D eigenvalue weighted by atomic mass is 32.2. The van der Waals surface area contributed by atoms with Crippen molar-refractivity contribution in [1.29, 1.82) is 0 Å². The Morgan fingerprint density at radius 2 is 2.00 bits per heavy atom. The molecular weight excluding hydrogens is 304 g/mol. The maximum atomic E-state index is 12.2. The van der Waals surface area contributed by atoms with Gasteiger partial charge >= 0.3 is 0 Å². The number of rotatable bonds is 7. The van der Waals surface area contributed by atoms with Crippen LogP contribution in [0, 0.1) is 5.92 Å². The molecule has 0 bridgehead atoms. The lowest BCUT2D eigenvalue weighted by Crippen LogP contribution is -2.50. The predicted octanol–water partition coefficient (Wildman–Crippen LogP) is 1.97. The average Bonchev–Trinajstić information content (AvgIpc) is 2.53. The smallest absolute Gasteiger partial charge is 0.166 e. The molecule has 0 radical (unpaired) electrons. The highest BCUT2D eigenvalue weighted by molar-refractivity contribution is 8.01. The van der Waals surface area contributed by atoms with Gasteiger partial charge in [-0.25, -0.2) is 8.42 Å². The summed E-state index contributed by atoms with van der Waals surface area (Å²) < 4.78 is 24.3. The van der Waals surface area contributed by atoms with Gasteiger partial charge in [-0.2, -0.15) is 11.8 Å². The fourth-order valence-corrected chi connectivity index (χ4v) is 6.43. The molecule has 21 heavy (non-hydrogen) atoms. The molecule has 1 saturated heterocycles. The Bertz CT molecular complexity index is 394. The molecule has 0 amide bonds. The first-order chi connectivity index (χ1) is 10.1. The summed E-state index contributed by atoms with van der Waals surface area (Å²) >= 11 is 1.77. The number of nitrogens with zero attached hydrogens (tertiary/aromatic N) is 1. The van der Waals surface area contributed by atoms with Crippen molar-refractivity contribution >= 4 is 21.6 Å². The fraction of sp³-hybridized carbons (Fsp3) is 1.00. The van der Waals surface area contributed by atoms with E-state index in [-0.39, 0.29) is 11.1 Å². The Labute approximate surface area is 134 Å². The van der Waals surface area contributed by atoms with Crippen LogP contribution in [0.3, 0.4) is 0 Å². The summed E-state index contributed by atoms with van der Waals surface area (Å²) in [5, 5.41) is 3.28. The zero-order chi connectivity index (χ0) is 15.1. The summed E-state index contributed by atoms with van der Waals surface area (Å²) in [6, 6.07) is 0. The van der Waals surface area contributed by atoms with Gasteiger partial charge in [0.05, 0.1) is 0 Å². The van der Waals surface area contributed by atoms with Crippen LogP contribution < -0.4 is 5.32 Å². The van der Waals surface area contributed by atoms with Gasteiger partial charge in [0.2, 0.25) is 0 Å². The Kier molecular flexibility index (Phi) is 7.32. The SMILES string of the molecule is CCS(=O)(=O)C1CSCCN1CCNCC1CCCCC1. The number of nitrogens with one attached hydrogen (secondary N) is 1. The average molecular weight is 335 g/mol. The summed E-state index contributed by atoms with van der Waals surface area (Å²) in [6.07, 6.45) is 6.89. The monoisotopic (exact) mass is 334 g/mol. The van der Waals surface area contributed by atoms with Crippen molar-refractivity contribution in [2.45, 2.75) is 44.4 Å². The van der Waals surface area contributed by atoms with Crippen LogP contribution in [0.15, 0.2) is 0 Å². The van der Waals surface area contributed by atoms with Crippen molar-refractivity contribution < 1.29 is 8.42 Å². The van der Waals surface area contributed by atoms with Gasteiger partial charge in [0.1, 0.15) is 5.37 Å². The largest absolute Gasteiger partial charge is 0.315 e. The van der Waals surface area contributed by atoms with Crippen LogP contribution >= 0.6 is 11.8 Å². The Hall–Kier alpha value is 0.220. The quantitative estimate of drug-likeness (QED) is 0.721. The molecule has 0 spiro atoms. The van der Waals surface area contributed by atoms with E-state index in [2.05, 4.69) is 10.2 Å². The van der Waals surface area contributed by atoms with Gasteiger partial charge in [0, 0.05) is 36.9 Å². The predicted molar refractivity (Wildman–Crippen MR) is 91.6 cm³/mol. The zero-order valence-corrected chi connectivity index (χ0v) is 14.9. The minimum atomic E-state index is -2.95. The molecule has 2 fully saturated rings. The third kappa shape index (κ3) is 5.41. The summed E-state index contributed by atoms with van der Waals surface area (Å²) in [5.74, 6) is 2.88. The third-order valence-corrected chi connectivity index (χ3v) is 8.07. The maximum absolute atomic E-state index is 12.2. The molecule has 1 saturated carbocycles. The minimum Gasteiger partial charge on any atom is -0.315 e. The van der Waals surface area contributed by atoms with Crippen LogP contribution in [-0.2, 0) is 9.84 Å². The molecule has 1 aliphatic heterocycles. The van der Waals surface area contributed by atoms with Crippen molar-refractivity contribution in [2.75, 3.05) is 43.4 Å². The van der Waals surface area contributed by atoms with Crippen molar-refractivity contribution in [2.24, 2.45) is 5.92 Å². The van der Waals surface area contributed by atoms with Crippen LogP contribution in [-0.4, -0.2) is 62.1 Å². The molecule has 0 aromatic heterocycles. The van der Waals surface area contributed by atoms with E-state index >= 15 is 0 Å². The topological polar surface area (TPSA) is 49.4 Å². The first-order valence-electron chi connectivity index (χ1n) is 8.37. The van der Waals surface area contributed by atoms with Crippen LogP contribution in [0.5, 0.6) is 0 Å².